The molecule has 168 valence electrons. The highest BCUT2D eigenvalue weighted by molar-refractivity contribution is 5.93. The number of hydrogen-bond acceptors (Lipinski definition) is 6. The molecule has 2 aliphatic rings. The van der Waals surface area contributed by atoms with Crippen LogP contribution in [-0.2, 0) is 31.9 Å². The van der Waals surface area contributed by atoms with Gasteiger partial charge in [-0.15, -0.1) is 0 Å². The number of ether oxygens (including phenoxy) is 2. The van der Waals surface area contributed by atoms with Crippen LogP contribution >= 0.6 is 0 Å². The van der Waals surface area contributed by atoms with Crippen molar-refractivity contribution in [2.75, 3.05) is 18.0 Å². The van der Waals surface area contributed by atoms with Crippen LogP contribution in [0.4, 0.5) is 10.1 Å². The summed E-state index contributed by atoms with van der Waals surface area (Å²) in [5, 5.41) is 3.47. The van der Waals surface area contributed by atoms with Crippen LogP contribution in [0.5, 0.6) is 0 Å². The quantitative estimate of drug-likeness (QED) is 0.697. The van der Waals surface area contributed by atoms with Gasteiger partial charge in [-0.1, -0.05) is 31.2 Å². The lowest BCUT2D eigenvalue weighted by atomic mass is 9.99. The molecule has 6 nitrogen and oxygen atoms in total. The maximum Gasteiger partial charge on any atom is 0.344 e. The first kappa shape index (κ1) is 22.0. The van der Waals surface area contributed by atoms with Gasteiger partial charge in [0, 0.05) is 30.4 Å². The zero-order chi connectivity index (χ0) is 22.6. The molecule has 1 spiro atoms. The zero-order valence-corrected chi connectivity index (χ0v) is 18.1. The molecule has 1 unspecified atom stereocenters. The molecule has 0 saturated carbocycles. The fourth-order valence-corrected chi connectivity index (χ4v) is 4.20. The van der Waals surface area contributed by atoms with Crippen LogP contribution in [0, 0.1) is 5.82 Å². The van der Waals surface area contributed by atoms with Gasteiger partial charge < -0.3 is 19.7 Å². The number of rotatable bonds is 6. The number of nitrogens with zero attached hydrogens (tertiary/aromatic N) is 1. The lowest BCUT2D eigenvalue weighted by molar-refractivity contribution is -0.228. The van der Waals surface area contributed by atoms with E-state index in [0.717, 1.165) is 42.7 Å². The molecule has 2 aromatic carbocycles. The van der Waals surface area contributed by atoms with Crippen LogP contribution in [0.25, 0.3) is 0 Å². The monoisotopic (exact) mass is 438 g/mol. The molecular formula is C25H27FN2O4. The second-order valence-electron chi connectivity index (χ2n) is 8.08. The van der Waals surface area contributed by atoms with E-state index in [2.05, 4.69) is 12.2 Å². The maximum atomic E-state index is 13.1. The van der Waals surface area contributed by atoms with Gasteiger partial charge in [0.05, 0.1) is 6.42 Å². The number of halogens is 1. The third kappa shape index (κ3) is 4.99. The second kappa shape index (κ2) is 9.53. The Morgan fingerprint density at radius 1 is 1.00 bits per heavy atom. The molecule has 7 heteroatoms. The lowest BCUT2D eigenvalue weighted by Crippen LogP contribution is -2.62. The average Bonchev–Trinajstić information content (AvgIpc) is 2.93. The Morgan fingerprint density at radius 3 is 2.25 bits per heavy atom. The topological polar surface area (TPSA) is 67.9 Å². The summed E-state index contributed by atoms with van der Waals surface area (Å²) in [5.41, 5.74) is 3.05. The van der Waals surface area contributed by atoms with Gasteiger partial charge in [0.2, 0.25) is 0 Å². The van der Waals surface area contributed by atoms with Crippen molar-refractivity contribution in [3.8, 4) is 0 Å². The van der Waals surface area contributed by atoms with Crippen molar-refractivity contribution in [2.45, 2.75) is 44.6 Å². The van der Waals surface area contributed by atoms with Crippen molar-refractivity contribution in [3.05, 3.63) is 77.6 Å². The third-order valence-corrected chi connectivity index (χ3v) is 5.91. The second-order valence-corrected chi connectivity index (χ2v) is 8.08. The predicted molar refractivity (Wildman–Crippen MR) is 118 cm³/mol. The van der Waals surface area contributed by atoms with E-state index in [-0.39, 0.29) is 11.9 Å². The molecule has 2 heterocycles. The van der Waals surface area contributed by atoms with Gasteiger partial charge in [-0.3, -0.25) is 0 Å². The van der Waals surface area contributed by atoms with Crippen LogP contribution in [-0.4, -0.2) is 37.0 Å². The summed E-state index contributed by atoms with van der Waals surface area (Å²) in [6.45, 7) is 3.29. The normalized spacial score (nSPS) is 20.1. The van der Waals surface area contributed by atoms with E-state index in [4.69, 9.17) is 9.47 Å². The fraction of sp³-hybridized carbons (Fsp3) is 0.360. The standard InChI is InChI=1S/C25H27FN2O4/c1-2-18-5-9-22(10-6-18)28-16-14-21(27-15-13-19-3-7-20(26)8-4-19)17-25(28)31-23(29)11-12-24(30)32-25/h3-12,21,27H,2,13-17H2,1H3. The van der Waals surface area contributed by atoms with Gasteiger partial charge >= 0.3 is 17.8 Å². The number of piperidine rings is 1. The lowest BCUT2D eigenvalue weighted by Gasteiger charge is -2.47. The van der Waals surface area contributed by atoms with Gasteiger partial charge in [0.1, 0.15) is 5.82 Å². The van der Waals surface area contributed by atoms with E-state index >= 15 is 0 Å². The van der Waals surface area contributed by atoms with E-state index in [1.807, 2.05) is 29.2 Å². The van der Waals surface area contributed by atoms with E-state index in [1.54, 1.807) is 12.1 Å². The van der Waals surface area contributed by atoms with Crippen LogP contribution in [0.2, 0.25) is 0 Å². The van der Waals surface area contributed by atoms with Crippen LogP contribution < -0.4 is 10.2 Å². The van der Waals surface area contributed by atoms with Gasteiger partial charge in [0.15, 0.2) is 0 Å². The Hall–Kier alpha value is -3.19. The molecule has 1 N–H and O–H groups in total. The Labute approximate surface area is 187 Å². The van der Waals surface area contributed by atoms with Gasteiger partial charge in [-0.25, -0.2) is 14.0 Å². The molecular weight excluding hydrogens is 411 g/mol. The van der Waals surface area contributed by atoms with Crippen LogP contribution in [0.3, 0.4) is 0 Å². The SMILES string of the molecule is CCc1ccc(N2CCC(NCCc3ccc(F)cc3)CC23OC(=O)C=CC(=O)O3)cc1. The summed E-state index contributed by atoms with van der Waals surface area (Å²) in [6, 6.07) is 14.4. The Kier molecular flexibility index (Phi) is 6.55. The first-order chi connectivity index (χ1) is 15.5. The highest BCUT2D eigenvalue weighted by atomic mass is 19.1. The summed E-state index contributed by atoms with van der Waals surface area (Å²) in [4.78, 5) is 26.4. The number of esters is 2. The number of hydrogen-bond donors (Lipinski definition) is 1. The smallest absolute Gasteiger partial charge is 0.344 e. The minimum atomic E-state index is -1.52. The fourth-order valence-electron chi connectivity index (χ4n) is 4.20. The summed E-state index contributed by atoms with van der Waals surface area (Å²) in [6.07, 6.45) is 4.92. The number of anilines is 1. The van der Waals surface area contributed by atoms with Crippen molar-refractivity contribution >= 4 is 17.6 Å². The Morgan fingerprint density at radius 2 is 1.62 bits per heavy atom. The largest absolute Gasteiger partial charge is 0.400 e. The molecule has 2 aromatic rings. The van der Waals surface area contributed by atoms with Crippen LogP contribution in [0.1, 0.15) is 30.9 Å². The first-order valence-corrected chi connectivity index (χ1v) is 11.0. The van der Waals surface area contributed by atoms with Crippen molar-refractivity contribution in [1.29, 1.82) is 0 Å². The Balaban J connectivity index is 1.51. The van der Waals surface area contributed by atoms with Gasteiger partial charge in [-0.05, 0) is 61.2 Å². The summed E-state index contributed by atoms with van der Waals surface area (Å²) >= 11 is 0. The number of nitrogens with one attached hydrogen (secondary N) is 1. The van der Waals surface area contributed by atoms with Gasteiger partial charge in [0.25, 0.3) is 0 Å². The molecule has 1 saturated heterocycles. The zero-order valence-electron chi connectivity index (χ0n) is 18.1. The maximum absolute atomic E-state index is 13.1. The van der Waals surface area contributed by atoms with E-state index in [0.29, 0.717) is 19.5 Å². The van der Waals surface area contributed by atoms with Crippen molar-refractivity contribution in [2.24, 2.45) is 0 Å². The number of carbonyl (C=O) groups excluding carboxylic acids is 2. The minimum Gasteiger partial charge on any atom is -0.400 e. The summed E-state index contributed by atoms with van der Waals surface area (Å²) < 4.78 is 24.5. The number of carbonyl (C=O) groups is 2. The van der Waals surface area contributed by atoms with Crippen molar-refractivity contribution < 1.29 is 23.5 Å². The molecule has 0 amide bonds. The molecule has 0 bridgehead atoms. The van der Waals surface area contributed by atoms with Crippen molar-refractivity contribution in [1.82, 2.24) is 5.32 Å². The highest BCUT2D eigenvalue weighted by Gasteiger charge is 2.50. The summed E-state index contributed by atoms with van der Waals surface area (Å²) in [7, 11) is 0. The molecule has 0 radical (unpaired) electrons. The molecule has 0 aromatic heterocycles. The van der Waals surface area contributed by atoms with Crippen molar-refractivity contribution in [3.63, 3.8) is 0 Å². The molecule has 0 aliphatic carbocycles. The van der Waals surface area contributed by atoms with E-state index in [1.165, 1.54) is 17.7 Å². The van der Waals surface area contributed by atoms with E-state index < -0.39 is 17.8 Å². The number of benzene rings is 2. The molecule has 4 rings (SSSR count). The summed E-state index contributed by atoms with van der Waals surface area (Å²) in [5.74, 6) is -3.00. The third-order valence-electron chi connectivity index (χ3n) is 5.91. The highest BCUT2D eigenvalue weighted by Crippen LogP contribution is 2.37. The predicted octanol–water partition coefficient (Wildman–Crippen LogP) is 3.50. The molecule has 1 atom stereocenters. The molecule has 32 heavy (non-hydrogen) atoms. The minimum absolute atomic E-state index is 0.0275. The average molecular weight is 438 g/mol. The number of aryl methyl sites for hydroxylation is 1. The van der Waals surface area contributed by atoms with Crippen LogP contribution in [0.15, 0.2) is 60.7 Å². The molecule has 1 fully saturated rings. The Bertz CT molecular complexity index is 968. The van der Waals surface area contributed by atoms with Gasteiger partial charge in [-0.2, -0.15) is 0 Å². The first-order valence-electron chi connectivity index (χ1n) is 11.0. The van der Waals surface area contributed by atoms with E-state index in [9.17, 15) is 14.0 Å². The molecule has 2 aliphatic heterocycles.